The molecule has 0 saturated heterocycles. The molecule has 2 aliphatic rings. The van der Waals surface area contributed by atoms with Gasteiger partial charge in [-0.25, -0.2) is 15.0 Å². The standard InChI is InChI=1S/C62H50N3OP/c1-67(2,66)52-36-29-44(30-37-52)58-55-22-11-9-20-53(55)57(54-21-10-12-23-56(54)58)43-25-32-49(33-26-43)62(40-41-24-31-51(62)38-41)50-34-27-46(28-35-50)60-63-59(45-16-7-4-8-17-45)64-61(65-60)48-19-13-18-47(39-48)42-14-5-3-6-15-42/h3-23,25-30,32-37,39,41,51H,24,31,38,40H2,1-2H3. The molecule has 1 aromatic heterocycles. The Kier molecular flexibility index (Phi) is 10.2. The maximum absolute atomic E-state index is 12.9. The molecule has 0 radical (unpaired) electrons. The Labute approximate surface area is 392 Å². The summed E-state index contributed by atoms with van der Waals surface area (Å²) in [7, 11) is -2.37. The van der Waals surface area contributed by atoms with E-state index >= 15 is 0 Å². The van der Waals surface area contributed by atoms with Gasteiger partial charge in [0.1, 0.15) is 7.14 Å². The van der Waals surface area contributed by atoms with Gasteiger partial charge in [-0.3, -0.25) is 0 Å². The van der Waals surface area contributed by atoms with E-state index in [9.17, 15) is 4.57 Å². The van der Waals surface area contributed by atoms with Gasteiger partial charge in [0, 0.05) is 27.4 Å². The summed E-state index contributed by atoms with van der Waals surface area (Å²) in [4.78, 5) is 15.3. The number of hydrogen-bond donors (Lipinski definition) is 0. The van der Waals surface area contributed by atoms with Gasteiger partial charge in [0.05, 0.1) is 0 Å². The highest BCUT2D eigenvalue weighted by atomic mass is 31.2. The van der Waals surface area contributed by atoms with Gasteiger partial charge >= 0.3 is 0 Å². The molecule has 3 unspecified atom stereocenters. The van der Waals surface area contributed by atoms with E-state index in [1.54, 1.807) is 0 Å². The van der Waals surface area contributed by atoms with E-state index in [1.807, 2.05) is 49.7 Å². The van der Waals surface area contributed by atoms with Crippen molar-refractivity contribution in [1.82, 2.24) is 15.0 Å². The van der Waals surface area contributed by atoms with Gasteiger partial charge < -0.3 is 4.57 Å². The molecule has 0 aliphatic heterocycles. The fraction of sp³-hybridized carbons (Fsp3) is 0.145. The van der Waals surface area contributed by atoms with Crippen molar-refractivity contribution < 1.29 is 4.57 Å². The van der Waals surface area contributed by atoms with E-state index in [-0.39, 0.29) is 5.41 Å². The number of aromatic nitrogens is 3. The average molecular weight is 884 g/mol. The molecule has 2 aliphatic carbocycles. The third-order valence-electron chi connectivity index (χ3n) is 14.8. The lowest BCUT2D eigenvalue weighted by atomic mass is 9.64. The first-order valence-electron chi connectivity index (χ1n) is 23.6. The van der Waals surface area contributed by atoms with Crippen molar-refractivity contribution in [2.75, 3.05) is 13.3 Å². The van der Waals surface area contributed by atoms with Crippen molar-refractivity contribution in [2.24, 2.45) is 11.8 Å². The normalized spacial score (nSPS) is 17.9. The van der Waals surface area contributed by atoms with Crippen LogP contribution in [0.15, 0.2) is 206 Å². The molecular formula is C62H50N3OP. The number of hydrogen-bond acceptors (Lipinski definition) is 4. The predicted molar refractivity (Wildman–Crippen MR) is 279 cm³/mol. The van der Waals surface area contributed by atoms with E-state index in [0.29, 0.717) is 23.4 Å². The third kappa shape index (κ3) is 7.32. The summed E-state index contributed by atoms with van der Waals surface area (Å²) in [6, 6.07) is 74.0. The minimum atomic E-state index is -2.37. The van der Waals surface area contributed by atoms with Gasteiger partial charge in [0.25, 0.3) is 0 Å². The second kappa shape index (κ2) is 16.6. The predicted octanol–water partition coefficient (Wildman–Crippen LogP) is 15.5. The van der Waals surface area contributed by atoms with Crippen molar-refractivity contribution in [3.8, 4) is 67.5 Å². The van der Waals surface area contributed by atoms with Crippen LogP contribution in [-0.2, 0) is 9.98 Å². The van der Waals surface area contributed by atoms with Crippen LogP contribution in [0.25, 0.3) is 89.1 Å². The number of nitrogens with zero attached hydrogens (tertiary/aromatic N) is 3. The second-order valence-corrected chi connectivity index (χ2v) is 22.3. The Morgan fingerprint density at radius 2 is 0.836 bits per heavy atom. The van der Waals surface area contributed by atoms with Crippen LogP contribution in [0.3, 0.4) is 0 Å². The van der Waals surface area contributed by atoms with Crippen molar-refractivity contribution >= 4 is 34.0 Å². The van der Waals surface area contributed by atoms with Gasteiger partial charge in [-0.1, -0.05) is 207 Å². The molecule has 324 valence electrons. The molecule has 5 heteroatoms. The molecule has 4 nitrogen and oxygen atoms in total. The first-order valence-corrected chi connectivity index (χ1v) is 26.2. The Balaban J connectivity index is 0.930. The Hall–Kier alpha value is -7.26. The summed E-state index contributed by atoms with van der Waals surface area (Å²) in [5, 5.41) is 5.80. The molecule has 67 heavy (non-hydrogen) atoms. The van der Waals surface area contributed by atoms with Gasteiger partial charge in [-0.15, -0.1) is 0 Å². The van der Waals surface area contributed by atoms with E-state index in [2.05, 4.69) is 170 Å². The Morgan fingerprint density at radius 3 is 1.31 bits per heavy atom. The lowest BCUT2D eigenvalue weighted by Gasteiger charge is -2.39. The third-order valence-corrected chi connectivity index (χ3v) is 16.3. The molecule has 0 spiro atoms. The molecule has 2 fully saturated rings. The van der Waals surface area contributed by atoms with Crippen LogP contribution in [0.1, 0.15) is 36.8 Å². The fourth-order valence-corrected chi connectivity index (χ4v) is 12.5. The molecule has 0 amide bonds. The molecule has 3 atom stereocenters. The minimum absolute atomic E-state index is 0.0710. The highest BCUT2D eigenvalue weighted by Crippen LogP contribution is 2.60. The highest BCUT2D eigenvalue weighted by molar-refractivity contribution is 7.70. The van der Waals surface area contributed by atoms with Crippen molar-refractivity contribution in [1.29, 1.82) is 0 Å². The molecule has 0 N–H and O–H groups in total. The fourth-order valence-electron chi connectivity index (χ4n) is 11.6. The SMILES string of the molecule is CP(C)(=O)c1ccc(-c2c3ccccc3c(-c3ccc(C4(c5ccc(-c6nc(-c7ccccc7)nc(-c7cccc(-c8ccccc8)c7)n6)cc5)CC5CCC4C5)cc3)c3ccccc23)cc1. The second-order valence-electron chi connectivity index (χ2n) is 19.1. The maximum atomic E-state index is 12.9. The largest absolute Gasteiger partial charge is 0.319 e. The van der Waals surface area contributed by atoms with Crippen LogP contribution >= 0.6 is 7.14 Å². The average Bonchev–Trinajstić information content (AvgIpc) is 4.02. The lowest BCUT2D eigenvalue weighted by molar-refractivity contribution is 0.320. The van der Waals surface area contributed by atoms with Gasteiger partial charge in [-0.05, 0) is 117 Å². The van der Waals surface area contributed by atoms with Crippen LogP contribution in [0.2, 0.25) is 0 Å². The quantitative estimate of drug-likeness (QED) is 0.107. The first-order chi connectivity index (χ1) is 32.8. The summed E-state index contributed by atoms with van der Waals surface area (Å²) < 4.78 is 12.9. The molecule has 2 saturated carbocycles. The lowest BCUT2D eigenvalue weighted by Crippen LogP contribution is -2.34. The number of benzene rings is 9. The summed E-state index contributed by atoms with van der Waals surface area (Å²) in [6.07, 6.45) is 4.99. The van der Waals surface area contributed by atoms with Crippen LogP contribution < -0.4 is 5.30 Å². The van der Waals surface area contributed by atoms with Crippen molar-refractivity contribution in [3.63, 3.8) is 0 Å². The van der Waals surface area contributed by atoms with Crippen LogP contribution in [-0.4, -0.2) is 28.3 Å². The minimum Gasteiger partial charge on any atom is -0.319 e. The number of fused-ring (bicyclic) bond motifs is 4. The monoisotopic (exact) mass is 883 g/mol. The summed E-state index contributed by atoms with van der Waals surface area (Å²) in [6.45, 7) is 3.68. The zero-order valence-corrected chi connectivity index (χ0v) is 38.7. The summed E-state index contributed by atoms with van der Waals surface area (Å²) in [5.41, 5.74) is 12.7. The van der Waals surface area contributed by atoms with Crippen molar-refractivity contribution in [2.45, 2.75) is 31.1 Å². The molecular weight excluding hydrogens is 834 g/mol. The molecule has 1 heterocycles. The zero-order valence-electron chi connectivity index (χ0n) is 37.8. The summed E-state index contributed by atoms with van der Waals surface area (Å²) in [5.74, 6) is 3.30. The van der Waals surface area contributed by atoms with Gasteiger partial charge in [-0.2, -0.15) is 0 Å². The van der Waals surface area contributed by atoms with Crippen LogP contribution in [0, 0.1) is 11.8 Å². The maximum Gasteiger partial charge on any atom is 0.164 e. The van der Waals surface area contributed by atoms with Crippen LogP contribution in [0.5, 0.6) is 0 Å². The Morgan fingerprint density at radius 1 is 0.418 bits per heavy atom. The number of rotatable bonds is 9. The smallest absolute Gasteiger partial charge is 0.164 e. The van der Waals surface area contributed by atoms with Crippen molar-refractivity contribution in [3.05, 3.63) is 217 Å². The molecule has 9 aromatic carbocycles. The molecule has 10 aromatic rings. The molecule has 2 bridgehead atoms. The van der Waals surface area contributed by atoms with Gasteiger partial charge in [0.2, 0.25) is 0 Å². The van der Waals surface area contributed by atoms with E-state index < -0.39 is 7.14 Å². The zero-order chi connectivity index (χ0) is 45.1. The van der Waals surface area contributed by atoms with E-state index in [1.165, 1.54) is 68.6 Å². The van der Waals surface area contributed by atoms with Gasteiger partial charge in [0.15, 0.2) is 17.5 Å². The van der Waals surface area contributed by atoms with E-state index in [0.717, 1.165) is 51.0 Å². The highest BCUT2D eigenvalue weighted by Gasteiger charge is 2.52. The molecule has 12 rings (SSSR count). The Bertz CT molecular complexity index is 3450. The topological polar surface area (TPSA) is 55.7 Å². The first kappa shape index (κ1) is 41.2. The van der Waals surface area contributed by atoms with Crippen LogP contribution in [0.4, 0.5) is 0 Å². The summed E-state index contributed by atoms with van der Waals surface area (Å²) >= 11 is 0. The van der Waals surface area contributed by atoms with E-state index in [4.69, 9.17) is 15.0 Å².